The molecule has 2 atom stereocenters. The molecule has 1 aromatic carbocycles. The van der Waals surface area contributed by atoms with Crippen molar-refractivity contribution in [3.05, 3.63) is 35.9 Å². The summed E-state index contributed by atoms with van der Waals surface area (Å²) < 4.78 is 0. The molecule has 0 unspecified atom stereocenters. The third-order valence-electron chi connectivity index (χ3n) is 3.10. The number of hydrogen-bond acceptors (Lipinski definition) is 2. The summed E-state index contributed by atoms with van der Waals surface area (Å²) in [6.07, 6.45) is 2.45. The van der Waals surface area contributed by atoms with Crippen LogP contribution in [0.5, 0.6) is 0 Å². The molecule has 0 aromatic heterocycles. The molecule has 0 saturated carbocycles. The zero-order valence-electron chi connectivity index (χ0n) is 9.37. The Balaban J connectivity index is 1.98. The van der Waals surface area contributed by atoms with Gasteiger partial charge in [-0.05, 0) is 31.5 Å². The van der Waals surface area contributed by atoms with Crippen LogP contribution >= 0.6 is 0 Å². The van der Waals surface area contributed by atoms with Crippen LogP contribution < -0.4 is 10.6 Å². The molecule has 2 heteroatoms. The van der Waals surface area contributed by atoms with Crippen molar-refractivity contribution in [3.8, 4) is 0 Å². The second-order valence-corrected chi connectivity index (χ2v) is 4.20. The molecule has 0 amide bonds. The number of piperidine rings is 1. The topological polar surface area (TPSA) is 24.1 Å². The number of benzene rings is 1. The Morgan fingerprint density at radius 3 is 2.87 bits per heavy atom. The first-order valence-corrected chi connectivity index (χ1v) is 5.92. The van der Waals surface area contributed by atoms with Crippen molar-refractivity contribution < 1.29 is 0 Å². The fourth-order valence-corrected chi connectivity index (χ4v) is 2.33. The van der Waals surface area contributed by atoms with Crippen LogP contribution in [-0.2, 0) is 0 Å². The maximum Gasteiger partial charge on any atom is 0.0335 e. The van der Waals surface area contributed by atoms with Gasteiger partial charge in [-0.15, -0.1) is 0 Å². The molecule has 82 valence electrons. The Bertz CT molecular complexity index is 282. The molecule has 2 rings (SSSR count). The largest absolute Gasteiger partial charge is 0.314 e. The monoisotopic (exact) mass is 204 g/mol. The SMILES string of the molecule is CCN[C@@H]1CCN[C@H](c2ccccc2)C1. The van der Waals surface area contributed by atoms with Crippen LogP contribution in [0.1, 0.15) is 31.4 Å². The summed E-state index contributed by atoms with van der Waals surface area (Å²) in [7, 11) is 0. The van der Waals surface area contributed by atoms with Crippen molar-refractivity contribution in [2.24, 2.45) is 0 Å². The average molecular weight is 204 g/mol. The van der Waals surface area contributed by atoms with Crippen molar-refractivity contribution in [1.82, 2.24) is 10.6 Å². The first-order valence-electron chi connectivity index (χ1n) is 5.92. The van der Waals surface area contributed by atoms with Crippen LogP contribution in [0, 0.1) is 0 Å². The molecular weight excluding hydrogens is 184 g/mol. The van der Waals surface area contributed by atoms with Gasteiger partial charge in [-0.1, -0.05) is 37.3 Å². The molecule has 0 spiro atoms. The van der Waals surface area contributed by atoms with Crippen molar-refractivity contribution >= 4 is 0 Å². The Hall–Kier alpha value is -0.860. The summed E-state index contributed by atoms with van der Waals surface area (Å²) in [4.78, 5) is 0. The molecule has 0 aliphatic carbocycles. The molecule has 1 aliphatic heterocycles. The predicted octanol–water partition coefficient (Wildman–Crippen LogP) is 2.09. The van der Waals surface area contributed by atoms with E-state index in [1.54, 1.807) is 0 Å². The molecule has 15 heavy (non-hydrogen) atoms. The lowest BCUT2D eigenvalue weighted by molar-refractivity contribution is 0.327. The van der Waals surface area contributed by atoms with Gasteiger partial charge in [0.05, 0.1) is 0 Å². The van der Waals surface area contributed by atoms with E-state index in [0.29, 0.717) is 12.1 Å². The van der Waals surface area contributed by atoms with Crippen molar-refractivity contribution in [2.45, 2.75) is 31.8 Å². The van der Waals surface area contributed by atoms with Gasteiger partial charge in [0, 0.05) is 12.1 Å². The third kappa shape index (κ3) is 2.80. The second kappa shape index (κ2) is 5.29. The molecule has 1 heterocycles. The number of nitrogens with one attached hydrogen (secondary N) is 2. The summed E-state index contributed by atoms with van der Waals surface area (Å²) in [6.45, 7) is 4.38. The van der Waals surface area contributed by atoms with Crippen LogP contribution in [0.2, 0.25) is 0 Å². The summed E-state index contributed by atoms with van der Waals surface area (Å²) in [5.74, 6) is 0. The molecule has 0 radical (unpaired) electrons. The highest BCUT2D eigenvalue weighted by Gasteiger charge is 2.21. The van der Waals surface area contributed by atoms with Gasteiger partial charge in [0.1, 0.15) is 0 Å². The van der Waals surface area contributed by atoms with Crippen LogP contribution in [-0.4, -0.2) is 19.1 Å². The van der Waals surface area contributed by atoms with E-state index in [1.807, 2.05) is 0 Å². The van der Waals surface area contributed by atoms with Gasteiger partial charge in [0.2, 0.25) is 0 Å². The van der Waals surface area contributed by atoms with Gasteiger partial charge in [-0.2, -0.15) is 0 Å². The van der Waals surface area contributed by atoms with Gasteiger partial charge >= 0.3 is 0 Å². The minimum absolute atomic E-state index is 0.531. The van der Waals surface area contributed by atoms with Gasteiger partial charge in [0.25, 0.3) is 0 Å². The van der Waals surface area contributed by atoms with Crippen LogP contribution in [0.4, 0.5) is 0 Å². The van der Waals surface area contributed by atoms with Crippen LogP contribution in [0.3, 0.4) is 0 Å². The summed E-state index contributed by atoms with van der Waals surface area (Å²) in [5.41, 5.74) is 1.42. The highest BCUT2D eigenvalue weighted by atomic mass is 15.0. The molecule has 1 saturated heterocycles. The highest BCUT2D eigenvalue weighted by molar-refractivity contribution is 5.19. The second-order valence-electron chi connectivity index (χ2n) is 4.20. The van der Waals surface area contributed by atoms with E-state index in [2.05, 4.69) is 47.9 Å². The minimum Gasteiger partial charge on any atom is -0.314 e. The first kappa shape index (κ1) is 10.7. The summed E-state index contributed by atoms with van der Waals surface area (Å²) in [5, 5.41) is 7.13. The average Bonchev–Trinajstić information content (AvgIpc) is 2.31. The molecule has 2 nitrogen and oxygen atoms in total. The molecule has 1 aromatic rings. The molecule has 1 fully saturated rings. The Labute approximate surface area is 92.1 Å². The molecule has 0 bridgehead atoms. The lowest BCUT2D eigenvalue weighted by Gasteiger charge is -2.31. The first-order chi connectivity index (χ1) is 7.40. The van der Waals surface area contributed by atoms with E-state index in [1.165, 1.54) is 18.4 Å². The van der Waals surface area contributed by atoms with Crippen molar-refractivity contribution in [2.75, 3.05) is 13.1 Å². The standard InChI is InChI=1S/C13H20N2/c1-2-14-12-8-9-15-13(10-12)11-6-4-3-5-7-11/h3-7,12-15H,2,8-10H2,1H3/t12-,13+/m1/s1. The van der Waals surface area contributed by atoms with E-state index in [0.717, 1.165) is 13.1 Å². The molecular formula is C13H20N2. The van der Waals surface area contributed by atoms with E-state index in [9.17, 15) is 0 Å². The zero-order valence-corrected chi connectivity index (χ0v) is 9.37. The van der Waals surface area contributed by atoms with E-state index < -0.39 is 0 Å². The smallest absolute Gasteiger partial charge is 0.0335 e. The van der Waals surface area contributed by atoms with Crippen molar-refractivity contribution in [1.29, 1.82) is 0 Å². The quantitative estimate of drug-likeness (QED) is 0.788. The van der Waals surface area contributed by atoms with Gasteiger partial charge in [-0.25, -0.2) is 0 Å². The highest BCUT2D eigenvalue weighted by Crippen LogP contribution is 2.22. The number of rotatable bonds is 3. The Morgan fingerprint density at radius 1 is 1.33 bits per heavy atom. The molecule has 2 N–H and O–H groups in total. The zero-order chi connectivity index (χ0) is 10.5. The van der Waals surface area contributed by atoms with Gasteiger partial charge in [-0.3, -0.25) is 0 Å². The third-order valence-corrected chi connectivity index (χ3v) is 3.10. The summed E-state index contributed by atoms with van der Waals surface area (Å²) >= 11 is 0. The predicted molar refractivity (Wildman–Crippen MR) is 63.9 cm³/mol. The fourth-order valence-electron chi connectivity index (χ4n) is 2.33. The van der Waals surface area contributed by atoms with E-state index >= 15 is 0 Å². The lowest BCUT2D eigenvalue weighted by atomic mass is 9.94. The van der Waals surface area contributed by atoms with Crippen LogP contribution in [0.15, 0.2) is 30.3 Å². The maximum absolute atomic E-state index is 3.58. The van der Waals surface area contributed by atoms with Gasteiger partial charge in [0.15, 0.2) is 0 Å². The number of hydrogen-bond donors (Lipinski definition) is 2. The van der Waals surface area contributed by atoms with E-state index in [4.69, 9.17) is 0 Å². The normalized spacial score (nSPS) is 26.5. The van der Waals surface area contributed by atoms with Gasteiger partial charge < -0.3 is 10.6 Å². The molecule has 1 aliphatic rings. The van der Waals surface area contributed by atoms with Crippen LogP contribution in [0.25, 0.3) is 0 Å². The fraction of sp³-hybridized carbons (Fsp3) is 0.538. The summed E-state index contributed by atoms with van der Waals surface area (Å²) in [6, 6.07) is 12.0. The Morgan fingerprint density at radius 2 is 2.13 bits per heavy atom. The van der Waals surface area contributed by atoms with E-state index in [-0.39, 0.29) is 0 Å². The maximum atomic E-state index is 3.58. The van der Waals surface area contributed by atoms with Crippen molar-refractivity contribution in [3.63, 3.8) is 0 Å². The Kier molecular flexibility index (Phi) is 3.75. The minimum atomic E-state index is 0.531. The lowest BCUT2D eigenvalue weighted by Crippen LogP contribution is -2.41.